The first-order valence-electron chi connectivity index (χ1n) is 5.84. The highest BCUT2D eigenvalue weighted by molar-refractivity contribution is 6.34. The molecule has 0 bridgehead atoms. The van der Waals surface area contributed by atoms with Crippen molar-refractivity contribution in [3.63, 3.8) is 0 Å². The number of nitrogen functional groups attached to an aromatic ring is 1. The minimum absolute atomic E-state index is 0.0601. The quantitative estimate of drug-likeness (QED) is 0.684. The molecule has 2 rings (SSSR count). The van der Waals surface area contributed by atoms with E-state index in [2.05, 4.69) is 0 Å². The molecule has 19 heavy (non-hydrogen) atoms. The summed E-state index contributed by atoms with van der Waals surface area (Å²) in [4.78, 5) is 11.3. The number of carbonyl (C=O) groups is 1. The van der Waals surface area contributed by atoms with Crippen LogP contribution >= 0.6 is 11.6 Å². The number of Topliss-reactive ketones (excluding diaryl/α,β-unsaturated/α-hetero) is 1. The highest BCUT2D eigenvalue weighted by Crippen LogP contribution is 2.23. The van der Waals surface area contributed by atoms with Gasteiger partial charge in [0.25, 0.3) is 0 Å². The lowest BCUT2D eigenvalue weighted by atomic mass is 10.1. The van der Waals surface area contributed by atoms with Crippen molar-refractivity contribution < 1.29 is 9.53 Å². The fraction of sp³-hybridized carbons (Fsp3) is 0.133. The van der Waals surface area contributed by atoms with Crippen molar-refractivity contribution in [2.45, 2.75) is 13.5 Å². The molecular weight excluding hydrogens is 262 g/mol. The minimum Gasteiger partial charge on any atom is -0.489 e. The molecular formula is C15H14ClNO2. The molecule has 2 aromatic carbocycles. The van der Waals surface area contributed by atoms with Crippen LogP contribution < -0.4 is 10.5 Å². The van der Waals surface area contributed by atoms with E-state index in [0.717, 1.165) is 11.3 Å². The normalized spacial score (nSPS) is 10.2. The van der Waals surface area contributed by atoms with Crippen LogP contribution in [0.4, 0.5) is 5.69 Å². The Balaban J connectivity index is 2.06. The maximum absolute atomic E-state index is 11.3. The molecule has 0 saturated carbocycles. The molecule has 4 heteroatoms. The summed E-state index contributed by atoms with van der Waals surface area (Å²) in [5.41, 5.74) is 7.84. The maximum Gasteiger partial charge on any atom is 0.161 e. The van der Waals surface area contributed by atoms with Gasteiger partial charge in [0, 0.05) is 11.3 Å². The first kappa shape index (κ1) is 13.4. The molecule has 3 nitrogen and oxygen atoms in total. The molecule has 0 heterocycles. The standard InChI is InChI=1S/C15H14ClNO2/c1-10(18)14-7-6-13(8-15(14)16)19-9-11-2-4-12(17)5-3-11/h2-8H,9,17H2,1H3. The van der Waals surface area contributed by atoms with E-state index >= 15 is 0 Å². The third-order valence-corrected chi connectivity index (χ3v) is 3.02. The highest BCUT2D eigenvalue weighted by Gasteiger charge is 2.06. The van der Waals surface area contributed by atoms with Gasteiger partial charge < -0.3 is 10.5 Å². The lowest BCUT2D eigenvalue weighted by Gasteiger charge is -2.08. The number of benzene rings is 2. The van der Waals surface area contributed by atoms with Crippen molar-refractivity contribution in [2.75, 3.05) is 5.73 Å². The predicted octanol–water partition coefficient (Wildman–Crippen LogP) is 3.70. The average Bonchev–Trinajstić information content (AvgIpc) is 2.37. The van der Waals surface area contributed by atoms with E-state index in [0.29, 0.717) is 22.9 Å². The molecule has 0 saturated heterocycles. The van der Waals surface area contributed by atoms with Crippen molar-refractivity contribution in [2.24, 2.45) is 0 Å². The third-order valence-electron chi connectivity index (χ3n) is 2.71. The van der Waals surface area contributed by atoms with E-state index in [1.807, 2.05) is 24.3 Å². The number of ether oxygens (including phenoxy) is 1. The molecule has 0 aromatic heterocycles. The number of ketones is 1. The molecule has 0 atom stereocenters. The van der Waals surface area contributed by atoms with Crippen LogP contribution in [-0.2, 0) is 6.61 Å². The smallest absolute Gasteiger partial charge is 0.161 e. The molecule has 0 amide bonds. The van der Waals surface area contributed by atoms with Crippen LogP contribution in [-0.4, -0.2) is 5.78 Å². The van der Waals surface area contributed by atoms with Gasteiger partial charge in [-0.15, -0.1) is 0 Å². The summed E-state index contributed by atoms with van der Waals surface area (Å²) in [6, 6.07) is 12.5. The number of hydrogen-bond acceptors (Lipinski definition) is 3. The minimum atomic E-state index is -0.0601. The first-order chi connectivity index (χ1) is 9.06. The zero-order valence-electron chi connectivity index (χ0n) is 10.5. The van der Waals surface area contributed by atoms with Crippen LogP contribution in [0.25, 0.3) is 0 Å². The number of hydrogen-bond donors (Lipinski definition) is 1. The second-order valence-corrected chi connectivity index (χ2v) is 4.64. The SMILES string of the molecule is CC(=O)c1ccc(OCc2ccc(N)cc2)cc1Cl. The van der Waals surface area contributed by atoms with Gasteiger partial charge in [-0.2, -0.15) is 0 Å². The molecule has 2 N–H and O–H groups in total. The van der Waals surface area contributed by atoms with Gasteiger partial charge in [0.1, 0.15) is 12.4 Å². The van der Waals surface area contributed by atoms with Crippen LogP contribution in [0.2, 0.25) is 5.02 Å². The Morgan fingerprint density at radius 2 is 1.89 bits per heavy atom. The number of rotatable bonds is 4. The van der Waals surface area contributed by atoms with Crippen LogP contribution in [0.5, 0.6) is 5.75 Å². The molecule has 0 fully saturated rings. The summed E-state index contributed by atoms with van der Waals surface area (Å²) < 4.78 is 5.61. The Kier molecular flexibility index (Phi) is 4.07. The topological polar surface area (TPSA) is 52.3 Å². The first-order valence-corrected chi connectivity index (χ1v) is 6.22. The summed E-state index contributed by atoms with van der Waals surface area (Å²) >= 11 is 6.01. The van der Waals surface area contributed by atoms with Gasteiger partial charge in [-0.1, -0.05) is 23.7 Å². The lowest BCUT2D eigenvalue weighted by Crippen LogP contribution is -1.98. The fourth-order valence-corrected chi connectivity index (χ4v) is 1.96. The van der Waals surface area contributed by atoms with Crippen molar-refractivity contribution in [1.29, 1.82) is 0 Å². The zero-order chi connectivity index (χ0) is 13.8. The Bertz CT molecular complexity index is 594. The maximum atomic E-state index is 11.3. The van der Waals surface area contributed by atoms with Gasteiger partial charge in [-0.05, 0) is 42.8 Å². The third kappa shape index (κ3) is 3.48. The van der Waals surface area contributed by atoms with Crippen LogP contribution in [0, 0.1) is 0 Å². The van der Waals surface area contributed by atoms with Crippen LogP contribution in [0.1, 0.15) is 22.8 Å². The molecule has 0 aliphatic carbocycles. The second-order valence-electron chi connectivity index (χ2n) is 4.23. The summed E-state index contributed by atoms with van der Waals surface area (Å²) in [7, 11) is 0. The summed E-state index contributed by atoms with van der Waals surface area (Å²) in [5.74, 6) is 0.571. The van der Waals surface area contributed by atoms with Gasteiger partial charge >= 0.3 is 0 Å². The number of carbonyl (C=O) groups excluding carboxylic acids is 1. The average molecular weight is 276 g/mol. The highest BCUT2D eigenvalue weighted by atomic mass is 35.5. The van der Waals surface area contributed by atoms with Gasteiger partial charge in [0.2, 0.25) is 0 Å². The van der Waals surface area contributed by atoms with Crippen LogP contribution in [0.15, 0.2) is 42.5 Å². The number of halogens is 1. The van der Waals surface area contributed by atoms with Crippen molar-refractivity contribution >= 4 is 23.1 Å². The van der Waals surface area contributed by atoms with Gasteiger partial charge in [-0.25, -0.2) is 0 Å². The molecule has 0 radical (unpaired) electrons. The monoisotopic (exact) mass is 275 g/mol. The van der Waals surface area contributed by atoms with Gasteiger partial charge in [0.05, 0.1) is 5.02 Å². The van der Waals surface area contributed by atoms with Crippen LogP contribution in [0.3, 0.4) is 0 Å². The van der Waals surface area contributed by atoms with Crippen molar-refractivity contribution in [3.8, 4) is 5.75 Å². The number of anilines is 1. The van der Waals surface area contributed by atoms with Gasteiger partial charge in [-0.3, -0.25) is 4.79 Å². The Hall–Kier alpha value is -2.00. The van der Waals surface area contributed by atoms with E-state index in [9.17, 15) is 4.79 Å². The van der Waals surface area contributed by atoms with Gasteiger partial charge in [0.15, 0.2) is 5.78 Å². The molecule has 98 valence electrons. The Morgan fingerprint density at radius 1 is 1.21 bits per heavy atom. The molecule has 0 unspecified atom stereocenters. The van der Waals surface area contributed by atoms with Crippen molar-refractivity contribution in [3.05, 3.63) is 58.6 Å². The zero-order valence-corrected chi connectivity index (χ0v) is 11.3. The lowest BCUT2D eigenvalue weighted by molar-refractivity contribution is 0.101. The molecule has 0 aliphatic rings. The van der Waals surface area contributed by atoms with Crippen molar-refractivity contribution in [1.82, 2.24) is 0 Å². The largest absolute Gasteiger partial charge is 0.489 e. The van der Waals surface area contributed by atoms with E-state index in [-0.39, 0.29) is 5.78 Å². The fourth-order valence-electron chi connectivity index (χ4n) is 1.65. The Morgan fingerprint density at radius 3 is 2.47 bits per heavy atom. The number of nitrogens with two attached hydrogens (primary N) is 1. The Labute approximate surface area is 117 Å². The molecule has 0 aliphatic heterocycles. The molecule has 2 aromatic rings. The van der Waals surface area contributed by atoms with E-state index in [4.69, 9.17) is 22.1 Å². The van der Waals surface area contributed by atoms with E-state index in [1.54, 1.807) is 18.2 Å². The summed E-state index contributed by atoms with van der Waals surface area (Å²) in [6.45, 7) is 1.91. The molecule has 0 spiro atoms. The van der Waals surface area contributed by atoms with E-state index < -0.39 is 0 Å². The van der Waals surface area contributed by atoms with E-state index in [1.165, 1.54) is 6.92 Å². The summed E-state index contributed by atoms with van der Waals surface area (Å²) in [5, 5.41) is 0.405. The summed E-state index contributed by atoms with van der Waals surface area (Å²) in [6.07, 6.45) is 0. The predicted molar refractivity (Wildman–Crippen MR) is 76.6 cm³/mol. The second kappa shape index (κ2) is 5.76.